The lowest BCUT2D eigenvalue weighted by molar-refractivity contribution is 0.589. The van der Waals surface area contributed by atoms with Gasteiger partial charge in [0, 0.05) is 5.54 Å². The first kappa shape index (κ1) is 35.6. The van der Waals surface area contributed by atoms with Crippen LogP contribution in [-0.4, -0.2) is 33.0 Å². The molecule has 4 unspecified atom stereocenters. The highest BCUT2D eigenvalue weighted by molar-refractivity contribution is 8.02. The van der Waals surface area contributed by atoms with E-state index in [0.717, 1.165) is 55.0 Å². The number of hydrogen-bond acceptors (Lipinski definition) is 4. The number of benzene rings is 8. The maximum atomic E-state index is 14.7. The Morgan fingerprint density at radius 3 is 1.69 bits per heavy atom. The second-order valence-electron chi connectivity index (χ2n) is 17.0. The van der Waals surface area contributed by atoms with Crippen LogP contribution in [0.15, 0.2) is 204 Å². The summed E-state index contributed by atoms with van der Waals surface area (Å²) >= 11 is 0. The van der Waals surface area contributed by atoms with Crippen LogP contribution in [0.25, 0.3) is 21.2 Å². The van der Waals surface area contributed by atoms with E-state index >= 15 is 0 Å². The van der Waals surface area contributed by atoms with Gasteiger partial charge in [-0.1, -0.05) is 182 Å². The second kappa shape index (κ2) is 12.2. The van der Waals surface area contributed by atoms with Gasteiger partial charge in [0.05, 0.1) is 19.9 Å². The second-order valence-corrected chi connectivity index (χ2v) is 28.5. The van der Waals surface area contributed by atoms with Crippen LogP contribution in [0.4, 0.5) is 0 Å². The first-order chi connectivity index (χ1) is 29.8. The van der Waals surface area contributed by atoms with E-state index in [4.69, 9.17) is 0 Å². The van der Waals surface area contributed by atoms with Gasteiger partial charge in [-0.05, 0) is 99.4 Å². The predicted octanol–water partition coefficient (Wildman–Crippen LogP) is 6.57. The standard InChI is InChI=1S/C53H36O4S2Si2/c54-58(55)46-23-11-7-19-40(46)52-50(58)42-21-9-13-25-48(42)60(52,36-15-3-1-4-16-36)38-29-27-34-31-35-28-30-39(33-45(35)44(34)32-38)61(37-17-5-2-6-18-37)49-26-14-10-22-43(49)51-53(61)41-20-8-12-24-47(41)59(51,56)57/h1-30,32-33,50,52H,31H2. The molecule has 61 heavy (non-hydrogen) atoms. The van der Waals surface area contributed by atoms with Gasteiger partial charge in [-0.25, -0.2) is 16.8 Å². The van der Waals surface area contributed by atoms with Crippen LogP contribution in [0.5, 0.6) is 0 Å². The Labute approximate surface area is 357 Å². The van der Waals surface area contributed by atoms with E-state index < -0.39 is 41.1 Å². The number of rotatable bonds is 4. The first-order valence-electron chi connectivity index (χ1n) is 20.8. The van der Waals surface area contributed by atoms with Crippen LogP contribution >= 0.6 is 0 Å². The third-order valence-electron chi connectivity index (χ3n) is 14.5. The summed E-state index contributed by atoms with van der Waals surface area (Å²) in [5, 5.41) is 7.26. The molecular formula is C53H36O4S2Si2. The molecule has 0 radical (unpaired) electrons. The van der Waals surface area contributed by atoms with Crippen LogP contribution in [-0.2, 0) is 26.1 Å². The molecule has 4 atom stereocenters. The summed E-state index contributed by atoms with van der Waals surface area (Å²) in [4.78, 5) is 1.31. The minimum atomic E-state index is -3.78. The Kier molecular flexibility index (Phi) is 7.13. The summed E-state index contributed by atoms with van der Waals surface area (Å²) in [5.41, 5.74) is 8.05. The Morgan fingerprint density at radius 1 is 0.426 bits per heavy atom. The number of hydrogen-bond donors (Lipinski definition) is 0. The minimum absolute atomic E-state index is 0.239. The van der Waals surface area contributed by atoms with Gasteiger partial charge in [-0.15, -0.1) is 0 Å². The zero-order chi connectivity index (χ0) is 40.9. The summed E-state index contributed by atoms with van der Waals surface area (Å²) in [6.45, 7) is 0. The highest BCUT2D eigenvalue weighted by Gasteiger charge is 2.64. The normalized spacial score (nSPS) is 23.6. The summed E-state index contributed by atoms with van der Waals surface area (Å²) in [5.74, 6) is 0. The molecule has 0 amide bonds. The lowest BCUT2D eigenvalue weighted by atomic mass is 10.0. The smallest absolute Gasteiger partial charge is 0.207 e. The third kappa shape index (κ3) is 4.28. The van der Waals surface area contributed by atoms with Crippen molar-refractivity contribution in [3.8, 4) is 11.1 Å². The average Bonchev–Trinajstić information content (AvgIpc) is 4.05. The molecule has 8 aromatic carbocycles. The van der Waals surface area contributed by atoms with Crippen molar-refractivity contribution in [2.45, 2.75) is 27.0 Å². The number of fused-ring (bicyclic) bond motifs is 12. The largest absolute Gasteiger partial charge is 0.223 e. The lowest BCUT2D eigenvalue weighted by Crippen LogP contribution is -2.68. The van der Waals surface area contributed by atoms with E-state index in [9.17, 15) is 16.8 Å². The highest BCUT2D eigenvalue weighted by atomic mass is 32.2. The van der Waals surface area contributed by atoms with Gasteiger partial charge in [-0.3, -0.25) is 0 Å². The van der Waals surface area contributed by atoms with Crippen LogP contribution in [0.3, 0.4) is 0 Å². The van der Waals surface area contributed by atoms with Crippen molar-refractivity contribution in [3.05, 3.63) is 228 Å². The fourth-order valence-electron chi connectivity index (χ4n) is 12.3. The van der Waals surface area contributed by atoms with Gasteiger partial charge in [-0.2, -0.15) is 0 Å². The van der Waals surface area contributed by atoms with Crippen LogP contribution in [0, 0.1) is 0 Å². The molecule has 4 nitrogen and oxygen atoms in total. The molecule has 4 aliphatic heterocycles. The monoisotopic (exact) mass is 856 g/mol. The van der Waals surface area contributed by atoms with Gasteiger partial charge < -0.3 is 0 Å². The first-order valence-corrected chi connectivity index (χ1v) is 27.9. The molecule has 0 fully saturated rings. The van der Waals surface area contributed by atoms with E-state index in [1.165, 1.54) is 32.3 Å². The Balaban J connectivity index is 1.09. The molecule has 0 saturated heterocycles. The van der Waals surface area contributed by atoms with E-state index in [1.807, 2.05) is 60.7 Å². The fourth-order valence-corrected chi connectivity index (χ4v) is 29.7. The van der Waals surface area contributed by atoms with Crippen molar-refractivity contribution >= 4 is 77.0 Å². The van der Waals surface area contributed by atoms with Gasteiger partial charge in [0.15, 0.2) is 26.0 Å². The molecule has 13 rings (SSSR count). The van der Waals surface area contributed by atoms with Crippen LogP contribution in [0.2, 0.25) is 0 Å². The van der Waals surface area contributed by atoms with Crippen molar-refractivity contribution in [2.75, 3.05) is 0 Å². The van der Waals surface area contributed by atoms with Gasteiger partial charge in [0.2, 0.25) is 9.84 Å². The minimum Gasteiger partial charge on any atom is -0.223 e. The molecular weight excluding hydrogens is 821 g/mol. The summed E-state index contributed by atoms with van der Waals surface area (Å²) in [6.07, 6.45) is 0.784. The molecule has 0 aromatic heterocycles. The van der Waals surface area contributed by atoms with Crippen molar-refractivity contribution in [2.24, 2.45) is 0 Å². The van der Waals surface area contributed by atoms with Crippen molar-refractivity contribution in [3.63, 3.8) is 0 Å². The maximum Gasteiger partial charge on any atom is 0.207 e. The number of sulfone groups is 2. The molecule has 292 valence electrons. The van der Waals surface area contributed by atoms with E-state index in [0.29, 0.717) is 14.7 Å². The van der Waals surface area contributed by atoms with Crippen LogP contribution in [0.1, 0.15) is 44.2 Å². The summed E-state index contributed by atoms with van der Waals surface area (Å²) < 4.78 is 58.7. The Hall–Kier alpha value is -6.17. The predicted molar refractivity (Wildman–Crippen MR) is 249 cm³/mol. The molecule has 0 N–H and O–H groups in total. The molecule has 0 spiro atoms. The van der Waals surface area contributed by atoms with Crippen molar-refractivity contribution in [1.29, 1.82) is 0 Å². The zero-order valence-electron chi connectivity index (χ0n) is 32.8. The van der Waals surface area contributed by atoms with Gasteiger partial charge in [0.25, 0.3) is 0 Å². The Bertz CT molecular complexity index is 3510. The van der Waals surface area contributed by atoms with E-state index in [2.05, 4.69) is 121 Å². The molecule has 8 heteroatoms. The van der Waals surface area contributed by atoms with Crippen molar-refractivity contribution in [1.82, 2.24) is 0 Å². The lowest BCUT2D eigenvalue weighted by Gasteiger charge is -2.36. The molecule has 4 heterocycles. The quantitative estimate of drug-likeness (QED) is 0.188. The van der Waals surface area contributed by atoms with Gasteiger partial charge >= 0.3 is 0 Å². The summed E-state index contributed by atoms with van der Waals surface area (Å²) in [7, 11) is -13.8. The summed E-state index contributed by atoms with van der Waals surface area (Å²) in [6, 6.07) is 67.0. The molecule has 5 aliphatic rings. The van der Waals surface area contributed by atoms with Crippen LogP contribution < -0.4 is 31.1 Å². The molecule has 1 aliphatic carbocycles. The van der Waals surface area contributed by atoms with Crippen molar-refractivity contribution < 1.29 is 16.8 Å². The molecule has 0 bridgehead atoms. The topological polar surface area (TPSA) is 68.3 Å². The maximum absolute atomic E-state index is 14.7. The fraction of sp³-hybridized carbons (Fsp3) is 0.0566. The third-order valence-corrected chi connectivity index (χ3v) is 29.2. The highest BCUT2D eigenvalue weighted by Crippen LogP contribution is 2.57. The van der Waals surface area contributed by atoms with E-state index in [1.54, 1.807) is 12.1 Å². The molecule has 8 aromatic rings. The zero-order valence-corrected chi connectivity index (χ0v) is 36.4. The van der Waals surface area contributed by atoms with Gasteiger partial charge in [0.1, 0.15) is 0 Å². The SMILES string of the molecule is O=S1(=O)C2=C(c3ccccc31)[Si](c1ccccc1)(c1ccc3c(c1)-c1cc([Si]4(c5ccccc5)c5ccccc5C5C4c4ccccc4S5(=O)=O)ccc1C3)c1ccccc12. The van der Waals surface area contributed by atoms with E-state index in [-0.39, 0.29) is 5.54 Å². The molecule has 0 saturated carbocycles. The average molecular weight is 857 g/mol. The Morgan fingerprint density at radius 2 is 0.967 bits per heavy atom.